The molecule has 110 valence electrons. The van der Waals surface area contributed by atoms with Crippen molar-refractivity contribution in [2.45, 2.75) is 6.54 Å². The highest BCUT2D eigenvalue weighted by Crippen LogP contribution is 2.24. The Labute approximate surface area is 132 Å². The van der Waals surface area contributed by atoms with Crippen molar-refractivity contribution in [3.05, 3.63) is 63.4 Å². The fraction of sp³-hybridized carbons (Fsp3) is 0.133. The van der Waals surface area contributed by atoms with Crippen LogP contribution in [0.5, 0.6) is 0 Å². The molecular formula is C15H13Cl2FN2O. The van der Waals surface area contributed by atoms with E-state index in [1.54, 1.807) is 25.2 Å². The van der Waals surface area contributed by atoms with Gasteiger partial charge in [0.15, 0.2) is 0 Å². The number of halogens is 3. The number of anilines is 1. The molecular weight excluding hydrogens is 314 g/mol. The molecule has 0 saturated carbocycles. The number of rotatable bonds is 3. The summed E-state index contributed by atoms with van der Waals surface area (Å²) in [6.07, 6.45) is 0. The van der Waals surface area contributed by atoms with Crippen LogP contribution in [-0.4, -0.2) is 17.9 Å². The van der Waals surface area contributed by atoms with Crippen LogP contribution < -0.4 is 5.73 Å². The highest BCUT2D eigenvalue weighted by molar-refractivity contribution is 6.34. The number of carbonyl (C=O) groups is 1. The zero-order valence-electron chi connectivity index (χ0n) is 11.2. The maximum absolute atomic E-state index is 13.8. The van der Waals surface area contributed by atoms with E-state index in [0.29, 0.717) is 10.7 Å². The van der Waals surface area contributed by atoms with E-state index in [2.05, 4.69) is 0 Å². The molecule has 0 saturated heterocycles. The number of hydrogen-bond acceptors (Lipinski definition) is 2. The zero-order valence-corrected chi connectivity index (χ0v) is 12.7. The van der Waals surface area contributed by atoms with Gasteiger partial charge in [-0.3, -0.25) is 4.79 Å². The number of nitrogen functional groups attached to an aromatic ring is 1. The Morgan fingerprint density at radius 3 is 2.62 bits per heavy atom. The van der Waals surface area contributed by atoms with Crippen molar-refractivity contribution in [3.8, 4) is 0 Å². The number of benzene rings is 2. The van der Waals surface area contributed by atoms with Gasteiger partial charge in [-0.15, -0.1) is 0 Å². The molecule has 0 fully saturated rings. The van der Waals surface area contributed by atoms with Gasteiger partial charge < -0.3 is 10.6 Å². The van der Waals surface area contributed by atoms with Crippen molar-refractivity contribution in [2.75, 3.05) is 12.8 Å². The van der Waals surface area contributed by atoms with Crippen LogP contribution in [0, 0.1) is 5.82 Å². The summed E-state index contributed by atoms with van der Waals surface area (Å²) in [7, 11) is 1.55. The minimum absolute atomic E-state index is 0.0372. The smallest absolute Gasteiger partial charge is 0.255 e. The van der Waals surface area contributed by atoms with E-state index in [9.17, 15) is 9.18 Å². The van der Waals surface area contributed by atoms with Crippen LogP contribution in [-0.2, 0) is 6.54 Å². The van der Waals surface area contributed by atoms with Gasteiger partial charge in [-0.2, -0.15) is 0 Å². The van der Waals surface area contributed by atoms with Crippen molar-refractivity contribution in [3.63, 3.8) is 0 Å². The molecule has 2 rings (SSSR count). The molecule has 0 spiro atoms. The predicted octanol–water partition coefficient (Wildman–Crippen LogP) is 3.99. The van der Waals surface area contributed by atoms with Crippen LogP contribution in [0.2, 0.25) is 10.0 Å². The largest absolute Gasteiger partial charge is 0.399 e. The summed E-state index contributed by atoms with van der Waals surface area (Å²) in [5, 5.41) is 0.564. The average Bonchev–Trinajstić information content (AvgIpc) is 2.44. The molecule has 0 bridgehead atoms. The normalized spacial score (nSPS) is 10.5. The topological polar surface area (TPSA) is 46.3 Å². The molecule has 1 amide bonds. The van der Waals surface area contributed by atoms with Crippen LogP contribution in [0.4, 0.5) is 10.1 Å². The summed E-state index contributed by atoms with van der Waals surface area (Å²) in [5.41, 5.74) is 6.62. The van der Waals surface area contributed by atoms with Crippen LogP contribution >= 0.6 is 23.2 Å². The molecule has 0 unspecified atom stereocenters. The Hall–Kier alpha value is -1.78. The number of nitrogens with zero attached hydrogens (tertiary/aromatic N) is 1. The summed E-state index contributed by atoms with van der Waals surface area (Å²) in [6.45, 7) is 0.0372. The standard InChI is InChI=1S/C15H13Cl2FN2O/c1-20(8-11-12(16)3-2-4-14(11)18)15(21)10-7-9(19)5-6-13(10)17/h2-7H,8,19H2,1H3. The molecule has 21 heavy (non-hydrogen) atoms. The monoisotopic (exact) mass is 326 g/mol. The summed E-state index contributed by atoms with van der Waals surface area (Å²) < 4.78 is 13.8. The first kappa shape index (κ1) is 15.6. The van der Waals surface area contributed by atoms with E-state index >= 15 is 0 Å². The lowest BCUT2D eigenvalue weighted by Gasteiger charge is -2.19. The minimum atomic E-state index is -0.458. The van der Waals surface area contributed by atoms with Gasteiger partial charge in [0.2, 0.25) is 0 Å². The van der Waals surface area contributed by atoms with Crippen molar-refractivity contribution in [1.82, 2.24) is 4.90 Å². The molecule has 0 heterocycles. The molecule has 2 aromatic carbocycles. The van der Waals surface area contributed by atoms with Crippen molar-refractivity contribution >= 4 is 34.8 Å². The molecule has 3 nitrogen and oxygen atoms in total. The second-order valence-corrected chi connectivity index (χ2v) is 5.42. The van der Waals surface area contributed by atoms with E-state index in [0.717, 1.165) is 0 Å². The van der Waals surface area contributed by atoms with Gasteiger partial charge in [0.05, 0.1) is 10.6 Å². The van der Waals surface area contributed by atoms with E-state index in [1.165, 1.54) is 23.1 Å². The zero-order chi connectivity index (χ0) is 15.6. The fourth-order valence-electron chi connectivity index (χ4n) is 1.90. The average molecular weight is 327 g/mol. The van der Waals surface area contributed by atoms with Gasteiger partial charge in [0.1, 0.15) is 5.82 Å². The lowest BCUT2D eigenvalue weighted by Crippen LogP contribution is -2.27. The first-order chi connectivity index (χ1) is 9.90. The van der Waals surface area contributed by atoms with Gasteiger partial charge in [0.25, 0.3) is 5.91 Å². The molecule has 0 aliphatic carbocycles. The Balaban J connectivity index is 2.26. The molecule has 0 aromatic heterocycles. The Morgan fingerprint density at radius 2 is 1.95 bits per heavy atom. The molecule has 0 radical (unpaired) electrons. The Kier molecular flexibility index (Phi) is 4.70. The third-order valence-electron chi connectivity index (χ3n) is 3.02. The van der Waals surface area contributed by atoms with Gasteiger partial charge in [-0.25, -0.2) is 4.39 Å². The first-order valence-corrected chi connectivity index (χ1v) is 6.89. The van der Waals surface area contributed by atoms with Crippen LogP contribution in [0.1, 0.15) is 15.9 Å². The summed E-state index contributed by atoms with van der Waals surface area (Å²) in [4.78, 5) is 13.7. The molecule has 2 aromatic rings. The second kappa shape index (κ2) is 6.33. The van der Waals surface area contributed by atoms with Crippen molar-refractivity contribution in [2.24, 2.45) is 0 Å². The highest BCUT2D eigenvalue weighted by Gasteiger charge is 2.18. The summed E-state index contributed by atoms with van der Waals surface area (Å²) >= 11 is 12.0. The highest BCUT2D eigenvalue weighted by atomic mass is 35.5. The first-order valence-electron chi connectivity index (χ1n) is 6.13. The number of amides is 1. The van der Waals surface area contributed by atoms with E-state index in [1.807, 2.05) is 0 Å². The maximum Gasteiger partial charge on any atom is 0.255 e. The van der Waals surface area contributed by atoms with Gasteiger partial charge in [-0.1, -0.05) is 29.3 Å². The Morgan fingerprint density at radius 1 is 1.24 bits per heavy atom. The molecule has 0 aliphatic heterocycles. The van der Waals surface area contributed by atoms with E-state index in [4.69, 9.17) is 28.9 Å². The third kappa shape index (κ3) is 3.46. The predicted molar refractivity (Wildman–Crippen MR) is 83.1 cm³/mol. The number of carbonyl (C=O) groups excluding carboxylic acids is 1. The van der Waals surface area contributed by atoms with Gasteiger partial charge in [0, 0.05) is 29.9 Å². The van der Waals surface area contributed by atoms with Crippen LogP contribution in [0.15, 0.2) is 36.4 Å². The Bertz CT molecular complexity index is 671. The number of nitrogens with two attached hydrogens (primary N) is 1. The number of hydrogen-bond donors (Lipinski definition) is 1. The minimum Gasteiger partial charge on any atom is -0.399 e. The van der Waals surface area contributed by atoms with Gasteiger partial charge in [-0.05, 0) is 30.3 Å². The van der Waals surface area contributed by atoms with Crippen LogP contribution in [0.3, 0.4) is 0 Å². The lowest BCUT2D eigenvalue weighted by atomic mass is 10.1. The third-order valence-corrected chi connectivity index (χ3v) is 3.71. The van der Waals surface area contributed by atoms with Gasteiger partial charge >= 0.3 is 0 Å². The van der Waals surface area contributed by atoms with Crippen molar-refractivity contribution in [1.29, 1.82) is 0 Å². The summed E-state index contributed by atoms with van der Waals surface area (Å²) in [5.74, 6) is -0.813. The van der Waals surface area contributed by atoms with Crippen molar-refractivity contribution < 1.29 is 9.18 Å². The molecule has 0 atom stereocenters. The summed E-state index contributed by atoms with van der Waals surface area (Å²) in [6, 6.07) is 9.03. The fourth-order valence-corrected chi connectivity index (χ4v) is 2.33. The van der Waals surface area contributed by atoms with E-state index in [-0.39, 0.29) is 28.6 Å². The molecule has 0 aliphatic rings. The molecule has 2 N–H and O–H groups in total. The molecule has 6 heteroatoms. The second-order valence-electron chi connectivity index (χ2n) is 4.60. The van der Waals surface area contributed by atoms with E-state index < -0.39 is 5.82 Å². The maximum atomic E-state index is 13.8. The quantitative estimate of drug-likeness (QED) is 0.867. The SMILES string of the molecule is CN(Cc1c(F)cccc1Cl)C(=O)c1cc(N)ccc1Cl. The lowest BCUT2D eigenvalue weighted by molar-refractivity contribution is 0.0784. The van der Waals surface area contributed by atoms with Crippen LogP contribution in [0.25, 0.3) is 0 Å².